The van der Waals surface area contributed by atoms with Crippen molar-refractivity contribution in [3.8, 4) is 5.75 Å². The number of anilines is 1. The number of hydrogen-bond acceptors (Lipinski definition) is 4. The number of carbonyl (C=O) groups excluding carboxylic acids is 2. The summed E-state index contributed by atoms with van der Waals surface area (Å²) in [5.41, 5.74) is -0.415. The number of carbonyl (C=O) groups is 2. The van der Waals surface area contributed by atoms with Crippen LogP contribution in [0.5, 0.6) is 5.75 Å². The Balaban J connectivity index is 1.59. The molecule has 1 saturated heterocycles. The van der Waals surface area contributed by atoms with E-state index in [4.69, 9.17) is 9.47 Å². The first-order valence-corrected chi connectivity index (χ1v) is 8.35. The average molecular weight is 394 g/mol. The number of ether oxygens (including phenoxy) is 2. The summed E-state index contributed by atoms with van der Waals surface area (Å²) in [6.45, 7) is 0.182. The molecule has 0 spiro atoms. The van der Waals surface area contributed by atoms with Gasteiger partial charge in [-0.2, -0.15) is 13.2 Å². The Kier molecular flexibility index (Phi) is 5.43. The van der Waals surface area contributed by atoms with Crippen LogP contribution in [0.25, 0.3) is 0 Å². The zero-order valence-electron chi connectivity index (χ0n) is 14.8. The third kappa shape index (κ3) is 4.36. The van der Waals surface area contributed by atoms with Crippen LogP contribution in [0.2, 0.25) is 0 Å². The van der Waals surface area contributed by atoms with Gasteiger partial charge in [-0.1, -0.05) is 6.07 Å². The van der Waals surface area contributed by atoms with Gasteiger partial charge in [-0.25, -0.2) is 4.79 Å². The lowest BCUT2D eigenvalue weighted by atomic mass is 10.1. The highest BCUT2D eigenvalue weighted by molar-refractivity contribution is 5.94. The molecule has 2 aromatic rings. The topological polar surface area (TPSA) is 67.9 Å². The van der Waals surface area contributed by atoms with Crippen LogP contribution in [0.4, 0.5) is 23.7 Å². The Morgan fingerprint density at radius 1 is 1.25 bits per heavy atom. The Labute approximate surface area is 158 Å². The number of methoxy groups -OCH3 is 1. The summed E-state index contributed by atoms with van der Waals surface area (Å²) in [6.07, 6.45) is -5.72. The molecule has 3 rings (SSSR count). The molecular formula is C19H17F3N2O4. The van der Waals surface area contributed by atoms with E-state index in [1.165, 1.54) is 24.1 Å². The maximum atomic E-state index is 12.8. The maximum Gasteiger partial charge on any atom is 0.416 e. The average Bonchev–Trinajstić information content (AvgIpc) is 3.06. The summed E-state index contributed by atoms with van der Waals surface area (Å²) >= 11 is 0. The minimum atomic E-state index is -4.53. The second-order valence-corrected chi connectivity index (χ2v) is 6.10. The summed E-state index contributed by atoms with van der Waals surface area (Å²) in [5.74, 6) is -0.0359. The predicted octanol–water partition coefficient (Wildman–Crippen LogP) is 3.47. The van der Waals surface area contributed by atoms with Crippen molar-refractivity contribution in [2.45, 2.75) is 12.3 Å². The highest BCUT2D eigenvalue weighted by atomic mass is 19.4. The number of nitrogens with one attached hydrogen (secondary N) is 1. The maximum absolute atomic E-state index is 12.8. The normalized spacial score (nSPS) is 16.6. The summed E-state index contributed by atoms with van der Waals surface area (Å²) in [4.78, 5) is 25.6. The van der Waals surface area contributed by atoms with E-state index in [-0.39, 0.29) is 18.7 Å². The quantitative estimate of drug-likeness (QED) is 0.843. The van der Waals surface area contributed by atoms with Crippen molar-refractivity contribution in [1.82, 2.24) is 5.32 Å². The van der Waals surface area contributed by atoms with E-state index >= 15 is 0 Å². The minimum Gasteiger partial charge on any atom is -0.497 e. The van der Waals surface area contributed by atoms with Gasteiger partial charge in [0.2, 0.25) is 0 Å². The molecule has 0 bridgehead atoms. The molecule has 1 atom stereocenters. The van der Waals surface area contributed by atoms with Gasteiger partial charge in [0, 0.05) is 11.3 Å². The van der Waals surface area contributed by atoms with Gasteiger partial charge in [0.05, 0.1) is 25.8 Å². The molecule has 1 N–H and O–H groups in total. The fourth-order valence-corrected chi connectivity index (χ4v) is 2.75. The van der Waals surface area contributed by atoms with Crippen LogP contribution in [0, 0.1) is 0 Å². The van der Waals surface area contributed by atoms with Crippen LogP contribution in [0.3, 0.4) is 0 Å². The fraction of sp³-hybridized carbons (Fsp3) is 0.263. The van der Waals surface area contributed by atoms with E-state index in [2.05, 4.69) is 5.32 Å². The van der Waals surface area contributed by atoms with E-state index in [1.807, 2.05) is 0 Å². The molecule has 1 heterocycles. The van der Waals surface area contributed by atoms with Crippen LogP contribution in [0.1, 0.15) is 15.9 Å². The lowest BCUT2D eigenvalue weighted by Gasteiger charge is -2.14. The Bertz CT molecular complexity index is 868. The molecule has 2 amide bonds. The molecule has 0 radical (unpaired) electrons. The minimum absolute atomic E-state index is 0.0204. The first-order valence-electron chi connectivity index (χ1n) is 8.35. The standard InChI is InChI=1S/C19H17F3N2O4/c1-27-15-7-5-14(6-8-15)24-11-16(28-18(24)26)10-23-17(25)12-3-2-4-13(9-12)19(20,21)22/h2-9,16H,10-11H2,1H3,(H,23,25)/t16-/m0/s1. The molecule has 0 aliphatic carbocycles. The van der Waals surface area contributed by atoms with Gasteiger partial charge in [-0.15, -0.1) is 0 Å². The van der Waals surface area contributed by atoms with Crippen molar-refractivity contribution < 1.29 is 32.2 Å². The lowest BCUT2D eigenvalue weighted by Crippen LogP contribution is -2.34. The Morgan fingerprint density at radius 2 is 1.96 bits per heavy atom. The second kappa shape index (κ2) is 7.79. The van der Waals surface area contributed by atoms with Crippen molar-refractivity contribution in [1.29, 1.82) is 0 Å². The molecule has 0 saturated carbocycles. The smallest absolute Gasteiger partial charge is 0.416 e. The van der Waals surface area contributed by atoms with Gasteiger partial charge in [0.15, 0.2) is 0 Å². The predicted molar refractivity (Wildman–Crippen MR) is 94.4 cm³/mol. The van der Waals surface area contributed by atoms with Crippen molar-refractivity contribution in [2.24, 2.45) is 0 Å². The van der Waals surface area contributed by atoms with E-state index in [1.54, 1.807) is 24.3 Å². The molecule has 1 aliphatic heterocycles. The van der Waals surface area contributed by atoms with Gasteiger partial charge in [-0.3, -0.25) is 9.69 Å². The van der Waals surface area contributed by atoms with Gasteiger partial charge >= 0.3 is 12.3 Å². The summed E-state index contributed by atoms with van der Waals surface area (Å²) in [6, 6.07) is 10.9. The number of hydrogen-bond donors (Lipinski definition) is 1. The molecule has 1 fully saturated rings. The number of rotatable bonds is 5. The largest absolute Gasteiger partial charge is 0.497 e. The molecule has 2 aromatic carbocycles. The van der Waals surface area contributed by atoms with Crippen molar-refractivity contribution >= 4 is 17.7 Å². The monoisotopic (exact) mass is 394 g/mol. The van der Waals surface area contributed by atoms with Gasteiger partial charge in [0.25, 0.3) is 5.91 Å². The van der Waals surface area contributed by atoms with Crippen molar-refractivity contribution in [3.63, 3.8) is 0 Å². The van der Waals surface area contributed by atoms with E-state index < -0.39 is 29.8 Å². The number of alkyl halides is 3. The summed E-state index contributed by atoms with van der Waals surface area (Å²) < 4.78 is 48.5. The molecule has 0 unspecified atom stereocenters. The second-order valence-electron chi connectivity index (χ2n) is 6.10. The van der Waals surface area contributed by atoms with Crippen molar-refractivity contribution in [3.05, 3.63) is 59.7 Å². The number of nitrogens with zero attached hydrogens (tertiary/aromatic N) is 1. The van der Waals surface area contributed by atoms with E-state index in [0.29, 0.717) is 11.4 Å². The van der Waals surface area contributed by atoms with E-state index in [9.17, 15) is 22.8 Å². The Morgan fingerprint density at radius 3 is 2.61 bits per heavy atom. The van der Waals surface area contributed by atoms with Crippen molar-refractivity contribution in [2.75, 3.05) is 25.1 Å². The molecule has 0 aromatic heterocycles. The van der Waals surface area contributed by atoms with Gasteiger partial charge in [0.1, 0.15) is 11.9 Å². The third-order valence-corrected chi connectivity index (χ3v) is 4.20. The molecule has 28 heavy (non-hydrogen) atoms. The molecule has 6 nitrogen and oxygen atoms in total. The van der Waals surface area contributed by atoms with Crippen LogP contribution in [-0.2, 0) is 10.9 Å². The van der Waals surface area contributed by atoms with Gasteiger partial charge < -0.3 is 14.8 Å². The van der Waals surface area contributed by atoms with Gasteiger partial charge in [-0.05, 0) is 42.5 Å². The highest BCUT2D eigenvalue weighted by Crippen LogP contribution is 2.29. The first kappa shape index (κ1) is 19.5. The molecular weight excluding hydrogens is 377 g/mol. The highest BCUT2D eigenvalue weighted by Gasteiger charge is 2.33. The first-order chi connectivity index (χ1) is 13.3. The molecule has 1 aliphatic rings. The van der Waals surface area contributed by atoms with Crippen LogP contribution >= 0.6 is 0 Å². The van der Waals surface area contributed by atoms with Crippen LogP contribution in [-0.4, -0.2) is 38.3 Å². The van der Waals surface area contributed by atoms with Crippen LogP contribution in [0.15, 0.2) is 48.5 Å². The molecule has 148 valence electrons. The fourth-order valence-electron chi connectivity index (χ4n) is 2.75. The zero-order chi connectivity index (χ0) is 20.3. The molecule has 9 heteroatoms. The van der Waals surface area contributed by atoms with Crippen LogP contribution < -0.4 is 15.0 Å². The lowest BCUT2D eigenvalue weighted by molar-refractivity contribution is -0.137. The third-order valence-electron chi connectivity index (χ3n) is 4.20. The number of benzene rings is 2. The summed E-state index contributed by atoms with van der Waals surface area (Å²) in [5, 5.41) is 2.50. The Hall–Kier alpha value is -3.23. The SMILES string of the molecule is COc1ccc(N2C[C@H](CNC(=O)c3cccc(C(F)(F)F)c3)OC2=O)cc1. The number of amides is 2. The number of cyclic esters (lactones) is 1. The summed E-state index contributed by atoms with van der Waals surface area (Å²) in [7, 11) is 1.53. The number of halogens is 3. The zero-order valence-corrected chi connectivity index (χ0v) is 14.8. The van der Waals surface area contributed by atoms with E-state index in [0.717, 1.165) is 12.1 Å².